The number of carbonyl (C=O) groups excluding carboxylic acids is 1. The van der Waals surface area contributed by atoms with Crippen LogP contribution in [0.25, 0.3) is 11.0 Å². The SMILES string of the molecule is CC[C@H](C(=O)NC1CCCCC1)n1c(SCc2cccc(C)c2)nc2ccncc21. The van der Waals surface area contributed by atoms with Crippen LogP contribution in [0.4, 0.5) is 0 Å². The van der Waals surface area contributed by atoms with E-state index in [0.717, 1.165) is 41.2 Å². The number of hydrogen-bond acceptors (Lipinski definition) is 4. The number of benzene rings is 1. The van der Waals surface area contributed by atoms with Gasteiger partial charge < -0.3 is 9.88 Å². The molecule has 0 spiro atoms. The first kappa shape index (κ1) is 20.9. The molecule has 2 aromatic heterocycles. The summed E-state index contributed by atoms with van der Waals surface area (Å²) in [5.41, 5.74) is 4.33. The number of fused-ring (bicyclic) bond motifs is 1. The number of rotatable bonds is 7. The van der Waals surface area contributed by atoms with Gasteiger partial charge in [-0.05, 0) is 37.8 Å². The van der Waals surface area contributed by atoms with Gasteiger partial charge in [-0.15, -0.1) is 0 Å². The largest absolute Gasteiger partial charge is 0.352 e. The number of nitrogens with one attached hydrogen (secondary N) is 1. The van der Waals surface area contributed by atoms with E-state index in [4.69, 9.17) is 4.98 Å². The number of imidazole rings is 1. The third-order valence-corrected chi connectivity index (χ3v) is 6.89. The molecule has 1 atom stereocenters. The van der Waals surface area contributed by atoms with Crippen LogP contribution >= 0.6 is 11.8 Å². The maximum atomic E-state index is 13.3. The molecule has 0 saturated heterocycles. The van der Waals surface area contributed by atoms with Crippen molar-refractivity contribution in [3.63, 3.8) is 0 Å². The molecule has 1 aliphatic rings. The molecule has 0 unspecified atom stereocenters. The molecule has 158 valence electrons. The van der Waals surface area contributed by atoms with Crippen molar-refractivity contribution in [2.24, 2.45) is 0 Å². The molecule has 2 heterocycles. The van der Waals surface area contributed by atoms with Gasteiger partial charge in [0.15, 0.2) is 5.16 Å². The summed E-state index contributed by atoms with van der Waals surface area (Å²) in [5.74, 6) is 0.920. The van der Waals surface area contributed by atoms with Crippen LogP contribution in [0.15, 0.2) is 47.9 Å². The van der Waals surface area contributed by atoms with Crippen molar-refractivity contribution in [1.82, 2.24) is 19.9 Å². The highest BCUT2D eigenvalue weighted by molar-refractivity contribution is 7.98. The Hall–Kier alpha value is -2.34. The molecule has 1 aromatic carbocycles. The summed E-state index contributed by atoms with van der Waals surface area (Å²) in [4.78, 5) is 22.4. The van der Waals surface area contributed by atoms with E-state index in [1.54, 1.807) is 18.0 Å². The maximum absolute atomic E-state index is 13.3. The second kappa shape index (κ2) is 9.65. The average molecular weight is 423 g/mol. The van der Waals surface area contributed by atoms with Crippen molar-refractivity contribution in [2.75, 3.05) is 0 Å². The molecule has 1 fully saturated rings. The number of carbonyl (C=O) groups is 1. The Labute approximate surface area is 182 Å². The minimum absolute atomic E-state index is 0.102. The van der Waals surface area contributed by atoms with Gasteiger partial charge in [-0.1, -0.05) is 67.8 Å². The first-order chi connectivity index (χ1) is 14.7. The second-order valence-electron chi connectivity index (χ2n) is 8.17. The first-order valence-electron chi connectivity index (χ1n) is 11.0. The normalized spacial score (nSPS) is 15.9. The van der Waals surface area contributed by atoms with Gasteiger partial charge in [-0.3, -0.25) is 9.78 Å². The van der Waals surface area contributed by atoms with Gasteiger partial charge in [0, 0.05) is 18.0 Å². The van der Waals surface area contributed by atoms with Gasteiger partial charge in [0.05, 0.1) is 17.2 Å². The number of aromatic nitrogens is 3. The predicted molar refractivity (Wildman–Crippen MR) is 123 cm³/mol. The summed E-state index contributed by atoms with van der Waals surface area (Å²) >= 11 is 1.69. The maximum Gasteiger partial charge on any atom is 0.243 e. The quantitative estimate of drug-likeness (QED) is 0.516. The van der Waals surface area contributed by atoms with Crippen molar-refractivity contribution >= 4 is 28.7 Å². The highest BCUT2D eigenvalue weighted by Gasteiger charge is 2.27. The average Bonchev–Trinajstić information content (AvgIpc) is 3.12. The van der Waals surface area contributed by atoms with E-state index in [1.807, 2.05) is 12.3 Å². The third-order valence-electron chi connectivity index (χ3n) is 5.86. The number of thioether (sulfide) groups is 1. The Kier molecular flexibility index (Phi) is 6.72. The van der Waals surface area contributed by atoms with E-state index in [0.29, 0.717) is 6.04 Å². The zero-order valence-corrected chi connectivity index (χ0v) is 18.6. The topological polar surface area (TPSA) is 59.8 Å². The van der Waals surface area contributed by atoms with Crippen LogP contribution in [0.3, 0.4) is 0 Å². The van der Waals surface area contributed by atoms with E-state index in [1.165, 1.54) is 30.4 Å². The standard InChI is InChI=1S/C24H30N4OS/c1-3-21(23(29)26-19-10-5-4-6-11-19)28-22-15-25-13-12-20(22)27-24(28)30-16-18-9-7-8-17(2)14-18/h7-9,12-15,19,21H,3-6,10-11,16H2,1-2H3,(H,26,29)/t21-/m1/s1. The van der Waals surface area contributed by atoms with Gasteiger partial charge in [-0.25, -0.2) is 4.98 Å². The molecule has 1 saturated carbocycles. The predicted octanol–water partition coefficient (Wildman–Crippen LogP) is 5.43. The molecule has 30 heavy (non-hydrogen) atoms. The Morgan fingerprint density at radius 3 is 2.87 bits per heavy atom. The number of hydrogen-bond donors (Lipinski definition) is 1. The Balaban J connectivity index is 1.61. The molecule has 1 N–H and O–H groups in total. The third kappa shape index (κ3) is 4.69. The van der Waals surface area contributed by atoms with Gasteiger partial charge in [0.2, 0.25) is 5.91 Å². The summed E-state index contributed by atoms with van der Waals surface area (Å²) in [6.07, 6.45) is 10.2. The number of amides is 1. The fraction of sp³-hybridized carbons (Fsp3) is 0.458. The minimum atomic E-state index is -0.277. The molecule has 4 rings (SSSR count). The lowest BCUT2D eigenvalue weighted by Gasteiger charge is -2.26. The highest BCUT2D eigenvalue weighted by Crippen LogP contribution is 2.31. The van der Waals surface area contributed by atoms with E-state index >= 15 is 0 Å². The summed E-state index contributed by atoms with van der Waals surface area (Å²) in [6.45, 7) is 4.18. The smallest absolute Gasteiger partial charge is 0.243 e. The van der Waals surface area contributed by atoms with E-state index in [2.05, 4.69) is 53.0 Å². The fourth-order valence-electron chi connectivity index (χ4n) is 4.30. The van der Waals surface area contributed by atoms with E-state index in [9.17, 15) is 4.79 Å². The molecule has 3 aromatic rings. The molecule has 1 aliphatic carbocycles. The van der Waals surface area contributed by atoms with Gasteiger partial charge >= 0.3 is 0 Å². The lowest BCUT2D eigenvalue weighted by molar-refractivity contribution is -0.125. The molecule has 0 bridgehead atoms. The molecular weight excluding hydrogens is 392 g/mol. The number of pyridine rings is 1. The van der Waals surface area contributed by atoms with E-state index in [-0.39, 0.29) is 11.9 Å². The van der Waals surface area contributed by atoms with Gasteiger partial charge in [0.25, 0.3) is 0 Å². The van der Waals surface area contributed by atoms with Crippen molar-refractivity contribution in [2.45, 2.75) is 75.4 Å². The van der Waals surface area contributed by atoms with E-state index < -0.39 is 0 Å². The van der Waals surface area contributed by atoms with Crippen LogP contribution in [0.2, 0.25) is 0 Å². The van der Waals surface area contributed by atoms with Crippen molar-refractivity contribution < 1.29 is 4.79 Å². The van der Waals surface area contributed by atoms with Crippen LogP contribution in [0, 0.1) is 6.92 Å². The molecule has 1 amide bonds. The summed E-state index contributed by atoms with van der Waals surface area (Å²) in [5, 5.41) is 4.19. The van der Waals surface area contributed by atoms with Crippen LogP contribution in [0.1, 0.15) is 62.6 Å². The van der Waals surface area contributed by atoms with Gasteiger partial charge in [0.1, 0.15) is 6.04 Å². The zero-order valence-electron chi connectivity index (χ0n) is 17.8. The Morgan fingerprint density at radius 2 is 2.10 bits per heavy atom. The molecule has 5 nitrogen and oxygen atoms in total. The molecule has 6 heteroatoms. The summed E-state index contributed by atoms with van der Waals surface area (Å²) in [6, 6.07) is 10.5. The van der Waals surface area contributed by atoms with Crippen molar-refractivity contribution in [1.29, 1.82) is 0 Å². The highest BCUT2D eigenvalue weighted by atomic mass is 32.2. The van der Waals surface area contributed by atoms with Crippen LogP contribution in [-0.4, -0.2) is 26.5 Å². The fourth-order valence-corrected chi connectivity index (χ4v) is 5.30. The monoisotopic (exact) mass is 422 g/mol. The Morgan fingerprint density at radius 1 is 1.27 bits per heavy atom. The van der Waals surface area contributed by atoms with Crippen molar-refractivity contribution in [3.8, 4) is 0 Å². The Bertz CT molecular complexity index is 1010. The minimum Gasteiger partial charge on any atom is -0.352 e. The van der Waals surface area contributed by atoms with Crippen LogP contribution in [0.5, 0.6) is 0 Å². The molecular formula is C24H30N4OS. The summed E-state index contributed by atoms with van der Waals surface area (Å²) in [7, 11) is 0. The molecule has 0 aliphatic heterocycles. The lowest BCUT2D eigenvalue weighted by atomic mass is 9.95. The second-order valence-corrected chi connectivity index (χ2v) is 9.12. The van der Waals surface area contributed by atoms with Crippen LogP contribution < -0.4 is 5.32 Å². The number of aryl methyl sites for hydroxylation is 1. The lowest BCUT2D eigenvalue weighted by Crippen LogP contribution is -2.40. The van der Waals surface area contributed by atoms with Gasteiger partial charge in [-0.2, -0.15) is 0 Å². The zero-order chi connectivity index (χ0) is 20.9. The van der Waals surface area contributed by atoms with Crippen LogP contribution in [-0.2, 0) is 10.5 Å². The van der Waals surface area contributed by atoms with Crippen molar-refractivity contribution in [3.05, 3.63) is 53.9 Å². The summed E-state index contributed by atoms with van der Waals surface area (Å²) < 4.78 is 2.10. The first-order valence-corrected chi connectivity index (χ1v) is 11.9. The molecule has 0 radical (unpaired) electrons. The number of nitrogens with zero attached hydrogens (tertiary/aromatic N) is 3.